The summed E-state index contributed by atoms with van der Waals surface area (Å²) in [5, 5.41) is 2.79. The average Bonchev–Trinajstić information content (AvgIpc) is 2.85. The minimum atomic E-state index is -1.11. The van der Waals surface area contributed by atoms with Gasteiger partial charge in [-0.1, -0.05) is 49.4 Å². The van der Waals surface area contributed by atoms with Crippen LogP contribution in [0.25, 0.3) is 0 Å². The molecule has 2 rings (SSSR count). The molecule has 1 atom stereocenters. The van der Waals surface area contributed by atoms with Gasteiger partial charge in [0.1, 0.15) is 12.1 Å². The van der Waals surface area contributed by atoms with E-state index in [-0.39, 0.29) is 18.4 Å². The largest absolute Gasteiger partial charge is 0.337 e. The monoisotopic (exact) mass is 343 g/mol. The number of nitrogens with zero attached hydrogens (tertiary/aromatic N) is 2. The first-order valence-corrected chi connectivity index (χ1v) is 8.47. The molecular formula is C19H25N3O3. The number of likely N-dealkylation sites (N-methyl/N-ethyl adjacent to an activating group) is 1. The molecule has 0 unspecified atom stereocenters. The van der Waals surface area contributed by atoms with Crippen LogP contribution >= 0.6 is 0 Å². The molecule has 1 aliphatic heterocycles. The van der Waals surface area contributed by atoms with Gasteiger partial charge in [-0.25, -0.2) is 4.79 Å². The summed E-state index contributed by atoms with van der Waals surface area (Å²) in [6.07, 6.45) is 0.412. The van der Waals surface area contributed by atoms with E-state index in [1.54, 1.807) is 4.90 Å². The smallest absolute Gasteiger partial charge is 0.325 e. The van der Waals surface area contributed by atoms with Gasteiger partial charge in [0.15, 0.2) is 0 Å². The van der Waals surface area contributed by atoms with Gasteiger partial charge in [0.25, 0.3) is 5.91 Å². The Morgan fingerprint density at radius 3 is 2.40 bits per heavy atom. The van der Waals surface area contributed by atoms with Gasteiger partial charge in [-0.15, -0.1) is 0 Å². The van der Waals surface area contributed by atoms with Gasteiger partial charge >= 0.3 is 6.03 Å². The molecule has 1 N–H and O–H groups in total. The van der Waals surface area contributed by atoms with Crippen LogP contribution in [0.3, 0.4) is 0 Å². The summed E-state index contributed by atoms with van der Waals surface area (Å²) in [7, 11) is 0. The molecule has 134 valence electrons. The predicted molar refractivity (Wildman–Crippen MR) is 95.7 cm³/mol. The zero-order chi connectivity index (χ0) is 18.6. The Kier molecular flexibility index (Phi) is 5.62. The fraction of sp³-hybridized carbons (Fsp3) is 0.421. The highest BCUT2D eigenvalue weighted by Gasteiger charge is 2.51. The van der Waals surface area contributed by atoms with Crippen LogP contribution in [-0.4, -0.2) is 47.3 Å². The SMILES string of the molecule is C=C(C)CN(CC)C(=O)CN1C(=O)N[C@](CC)(c2ccccc2)C1=O. The van der Waals surface area contributed by atoms with Crippen molar-refractivity contribution >= 4 is 17.8 Å². The molecular weight excluding hydrogens is 318 g/mol. The summed E-state index contributed by atoms with van der Waals surface area (Å²) in [6, 6.07) is 8.60. The second kappa shape index (κ2) is 7.51. The molecule has 1 saturated heterocycles. The molecule has 1 aromatic rings. The van der Waals surface area contributed by atoms with E-state index in [0.717, 1.165) is 16.0 Å². The van der Waals surface area contributed by atoms with Crippen molar-refractivity contribution in [2.45, 2.75) is 32.7 Å². The lowest BCUT2D eigenvalue weighted by molar-refractivity contribution is -0.139. The molecule has 1 aromatic carbocycles. The van der Waals surface area contributed by atoms with E-state index in [0.29, 0.717) is 19.5 Å². The number of imide groups is 1. The number of benzene rings is 1. The van der Waals surface area contributed by atoms with E-state index in [4.69, 9.17) is 0 Å². The van der Waals surface area contributed by atoms with E-state index >= 15 is 0 Å². The summed E-state index contributed by atoms with van der Waals surface area (Å²) in [5.41, 5.74) is 0.462. The number of amides is 4. The van der Waals surface area contributed by atoms with Crippen LogP contribution < -0.4 is 5.32 Å². The van der Waals surface area contributed by atoms with Crippen molar-refractivity contribution in [2.24, 2.45) is 0 Å². The molecule has 1 heterocycles. The molecule has 6 heteroatoms. The molecule has 0 spiro atoms. The maximum absolute atomic E-state index is 13.0. The molecule has 0 bridgehead atoms. The Balaban J connectivity index is 2.23. The maximum Gasteiger partial charge on any atom is 0.325 e. The van der Waals surface area contributed by atoms with E-state index in [1.807, 2.05) is 51.1 Å². The standard InChI is InChI=1S/C19H25N3O3/c1-5-19(15-10-8-7-9-11-15)17(24)22(18(25)20-19)13-16(23)21(6-2)12-14(3)4/h7-11H,3,5-6,12-13H2,1-2,4H3,(H,20,25)/t19-/m1/s1. The highest BCUT2D eigenvalue weighted by atomic mass is 16.2. The van der Waals surface area contributed by atoms with E-state index < -0.39 is 11.6 Å². The van der Waals surface area contributed by atoms with Gasteiger partial charge in [-0.05, 0) is 25.8 Å². The first-order chi connectivity index (χ1) is 11.9. The van der Waals surface area contributed by atoms with Crippen LogP contribution in [-0.2, 0) is 15.1 Å². The molecule has 0 aliphatic carbocycles. The second-order valence-corrected chi connectivity index (χ2v) is 6.31. The molecule has 0 radical (unpaired) electrons. The third-order valence-electron chi connectivity index (χ3n) is 4.46. The molecule has 25 heavy (non-hydrogen) atoms. The first kappa shape index (κ1) is 18.7. The van der Waals surface area contributed by atoms with Gasteiger partial charge in [0, 0.05) is 13.1 Å². The van der Waals surface area contributed by atoms with Crippen molar-refractivity contribution in [3.8, 4) is 0 Å². The quantitative estimate of drug-likeness (QED) is 0.610. The Bertz CT molecular complexity index is 686. The number of carbonyl (C=O) groups is 3. The predicted octanol–water partition coefficient (Wildman–Crippen LogP) is 2.27. The lowest BCUT2D eigenvalue weighted by Crippen LogP contribution is -2.45. The third kappa shape index (κ3) is 3.57. The maximum atomic E-state index is 13.0. The molecule has 6 nitrogen and oxygen atoms in total. The molecule has 0 saturated carbocycles. The Morgan fingerprint density at radius 2 is 1.88 bits per heavy atom. The number of urea groups is 1. The number of carbonyl (C=O) groups excluding carboxylic acids is 3. The fourth-order valence-corrected chi connectivity index (χ4v) is 3.07. The van der Waals surface area contributed by atoms with Crippen LogP contribution in [0.2, 0.25) is 0 Å². The summed E-state index contributed by atoms with van der Waals surface area (Å²) < 4.78 is 0. The van der Waals surface area contributed by atoms with Crippen molar-refractivity contribution in [3.63, 3.8) is 0 Å². The van der Waals surface area contributed by atoms with Crippen molar-refractivity contribution in [2.75, 3.05) is 19.6 Å². The van der Waals surface area contributed by atoms with Gasteiger partial charge in [-0.2, -0.15) is 0 Å². The van der Waals surface area contributed by atoms with Crippen molar-refractivity contribution < 1.29 is 14.4 Å². The zero-order valence-corrected chi connectivity index (χ0v) is 15.0. The third-order valence-corrected chi connectivity index (χ3v) is 4.46. The highest BCUT2D eigenvalue weighted by Crippen LogP contribution is 2.32. The topological polar surface area (TPSA) is 69.7 Å². The minimum absolute atomic E-state index is 0.264. The summed E-state index contributed by atoms with van der Waals surface area (Å²) in [6.45, 7) is 9.98. The number of hydrogen-bond donors (Lipinski definition) is 1. The summed E-state index contributed by atoms with van der Waals surface area (Å²) in [4.78, 5) is 40.5. The molecule has 1 aliphatic rings. The van der Waals surface area contributed by atoms with Gasteiger partial charge in [0.05, 0.1) is 0 Å². The Hall–Kier alpha value is -2.63. The van der Waals surface area contributed by atoms with Gasteiger partial charge in [-0.3, -0.25) is 14.5 Å². The van der Waals surface area contributed by atoms with Gasteiger partial charge in [0.2, 0.25) is 5.91 Å². The van der Waals surface area contributed by atoms with Gasteiger partial charge < -0.3 is 10.2 Å². The van der Waals surface area contributed by atoms with E-state index in [9.17, 15) is 14.4 Å². The van der Waals surface area contributed by atoms with Crippen molar-refractivity contribution in [3.05, 3.63) is 48.0 Å². The lowest BCUT2D eigenvalue weighted by atomic mass is 9.87. The van der Waals surface area contributed by atoms with Crippen LogP contribution in [0.5, 0.6) is 0 Å². The van der Waals surface area contributed by atoms with Crippen LogP contribution in [0.15, 0.2) is 42.5 Å². The highest BCUT2D eigenvalue weighted by molar-refractivity contribution is 6.09. The Morgan fingerprint density at radius 1 is 1.24 bits per heavy atom. The molecule has 1 fully saturated rings. The number of rotatable bonds is 7. The van der Waals surface area contributed by atoms with E-state index in [1.165, 1.54) is 0 Å². The molecule has 0 aromatic heterocycles. The van der Waals surface area contributed by atoms with Crippen molar-refractivity contribution in [1.82, 2.24) is 15.1 Å². The number of nitrogens with one attached hydrogen (secondary N) is 1. The van der Waals surface area contributed by atoms with Crippen LogP contribution in [0.4, 0.5) is 4.79 Å². The van der Waals surface area contributed by atoms with Crippen LogP contribution in [0, 0.1) is 0 Å². The normalized spacial score (nSPS) is 19.7. The summed E-state index contributed by atoms with van der Waals surface area (Å²) >= 11 is 0. The number of hydrogen-bond acceptors (Lipinski definition) is 3. The lowest BCUT2D eigenvalue weighted by Gasteiger charge is -2.26. The zero-order valence-electron chi connectivity index (χ0n) is 15.0. The Labute approximate surface area is 148 Å². The first-order valence-electron chi connectivity index (χ1n) is 8.47. The summed E-state index contributed by atoms with van der Waals surface area (Å²) in [5.74, 6) is -0.653. The second-order valence-electron chi connectivity index (χ2n) is 6.31. The fourth-order valence-electron chi connectivity index (χ4n) is 3.07. The minimum Gasteiger partial charge on any atom is -0.337 e. The molecule has 4 amide bonds. The van der Waals surface area contributed by atoms with E-state index in [2.05, 4.69) is 11.9 Å². The van der Waals surface area contributed by atoms with Crippen LogP contribution in [0.1, 0.15) is 32.8 Å². The van der Waals surface area contributed by atoms with Crippen molar-refractivity contribution in [1.29, 1.82) is 0 Å². The average molecular weight is 343 g/mol.